The second-order valence-corrected chi connectivity index (χ2v) is 3.45. The van der Waals surface area contributed by atoms with Crippen LogP contribution in [0.2, 0.25) is 0 Å². The van der Waals surface area contributed by atoms with Gasteiger partial charge in [-0.1, -0.05) is 6.92 Å². The summed E-state index contributed by atoms with van der Waals surface area (Å²) >= 11 is 0. The van der Waals surface area contributed by atoms with Crippen LogP contribution in [0.5, 0.6) is 0 Å². The van der Waals surface area contributed by atoms with Gasteiger partial charge < -0.3 is 9.73 Å². The predicted molar refractivity (Wildman–Crippen MR) is 48.3 cm³/mol. The van der Waals surface area contributed by atoms with Crippen LogP contribution in [0.4, 0.5) is 0 Å². The van der Waals surface area contributed by atoms with Gasteiger partial charge in [-0.2, -0.15) is 0 Å². The number of carbonyl (C=O) groups is 1. The minimum absolute atomic E-state index is 0.151. The molecule has 70 valence electrons. The number of furan rings is 1. The molecule has 2 unspecified atom stereocenters. The number of nitrogens with one attached hydrogen (secondary N) is 1. The van der Waals surface area contributed by atoms with E-state index in [2.05, 4.69) is 12.2 Å². The molecule has 3 heteroatoms. The highest BCUT2D eigenvalue weighted by atomic mass is 16.3. The van der Waals surface area contributed by atoms with Gasteiger partial charge in [-0.05, 0) is 18.1 Å². The van der Waals surface area contributed by atoms with E-state index in [1.54, 1.807) is 12.5 Å². The highest BCUT2D eigenvalue weighted by molar-refractivity contribution is 5.80. The minimum atomic E-state index is 0.151. The Hall–Kier alpha value is -1.25. The molecule has 1 saturated heterocycles. The number of hydrogen-bond donors (Lipinski definition) is 1. The van der Waals surface area contributed by atoms with Gasteiger partial charge in [-0.25, -0.2) is 0 Å². The molecule has 1 amide bonds. The van der Waals surface area contributed by atoms with Crippen LogP contribution in [0.3, 0.4) is 0 Å². The van der Waals surface area contributed by atoms with E-state index in [9.17, 15) is 4.79 Å². The van der Waals surface area contributed by atoms with Gasteiger partial charge in [0.25, 0.3) is 0 Å². The first-order chi connectivity index (χ1) is 6.31. The molecule has 1 aromatic heterocycles. The molecule has 0 aliphatic carbocycles. The lowest BCUT2D eigenvalue weighted by Crippen LogP contribution is -2.27. The van der Waals surface area contributed by atoms with Crippen LogP contribution in [0.15, 0.2) is 23.0 Å². The Bertz CT molecular complexity index is 292. The maximum absolute atomic E-state index is 11.2. The molecule has 0 radical (unpaired) electrons. The van der Waals surface area contributed by atoms with Gasteiger partial charge in [-0.3, -0.25) is 4.79 Å². The molecule has 1 aliphatic heterocycles. The van der Waals surface area contributed by atoms with Crippen LogP contribution in [-0.4, -0.2) is 11.9 Å². The fraction of sp³-hybridized carbons (Fsp3) is 0.500. The molecular formula is C10H13NO2. The van der Waals surface area contributed by atoms with Gasteiger partial charge in [0.15, 0.2) is 0 Å². The molecule has 1 N–H and O–H groups in total. The van der Waals surface area contributed by atoms with Gasteiger partial charge in [0.05, 0.1) is 12.5 Å². The van der Waals surface area contributed by atoms with Gasteiger partial charge in [0.2, 0.25) is 5.91 Å². The molecule has 2 atom stereocenters. The zero-order valence-electron chi connectivity index (χ0n) is 7.62. The second-order valence-electron chi connectivity index (χ2n) is 3.45. The van der Waals surface area contributed by atoms with Crippen molar-refractivity contribution in [1.82, 2.24) is 5.32 Å². The number of hydrogen-bond acceptors (Lipinski definition) is 2. The Balaban J connectivity index is 2.19. The molecule has 1 aromatic rings. The van der Waals surface area contributed by atoms with E-state index >= 15 is 0 Å². The average molecular weight is 179 g/mol. The number of rotatable bonds is 2. The monoisotopic (exact) mass is 179 g/mol. The van der Waals surface area contributed by atoms with E-state index in [-0.39, 0.29) is 11.9 Å². The smallest absolute Gasteiger partial charge is 0.220 e. The molecule has 2 heterocycles. The summed E-state index contributed by atoms with van der Waals surface area (Å²) in [7, 11) is 0. The maximum atomic E-state index is 11.2. The lowest BCUT2D eigenvalue weighted by Gasteiger charge is -2.14. The van der Waals surface area contributed by atoms with Crippen LogP contribution >= 0.6 is 0 Å². The van der Waals surface area contributed by atoms with Crippen LogP contribution in [0, 0.1) is 0 Å². The Labute approximate surface area is 77.1 Å². The third-order valence-electron chi connectivity index (χ3n) is 2.65. The summed E-state index contributed by atoms with van der Waals surface area (Å²) in [5.74, 6) is 0.453. The maximum Gasteiger partial charge on any atom is 0.220 e. The molecule has 0 saturated carbocycles. The van der Waals surface area contributed by atoms with E-state index in [0.717, 1.165) is 12.0 Å². The van der Waals surface area contributed by atoms with Crippen LogP contribution in [0.25, 0.3) is 0 Å². The molecule has 3 nitrogen and oxygen atoms in total. The van der Waals surface area contributed by atoms with E-state index in [1.165, 1.54) is 0 Å². The third kappa shape index (κ3) is 1.46. The average Bonchev–Trinajstić information content (AvgIpc) is 2.71. The first kappa shape index (κ1) is 8.35. The molecule has 1 fully saturated rings. The van der Waals surface area contributed by atoms with Gasteiger partial charge in [-0.15, -0.1) is 0 Å². The minimum Gasteiger partial charge on any atom is -0.472 e. The number of amides is 1. The summed E-state index contributed by atoms with van der Waals surface area (Å²) in [5, 5.41) is 2.96. The zero-order valence-corrected chi connectivity index (χ0v) is 7.62. The van der Waals surface area contributed by atoms with Crippen molar-refractivity contribution in [2.75, 3.05) is 0 Å². The van der Waals surface area contributed by atoms with Gasteiger partial charge >= 0.3 is 0 Å². The summed E-state index contributed by atoms with van der Waals surface area (Å²) < 4.78 is 5.02. The van der Waals surface area contributed by atoms with Crippen molar-refractivity contribution >= 4 is 5.91 Å². The van der Waals surface area contributed by atoms with E-state index in [4.69, 9.17) is 4.42 Å². The number of carbonyl (C=O) groups excluding carboxylic acids is 1. The van der Waals surface area contributed by atoms with Crippen molar-refractivity contribution < 1.29 is 9.21 Å². The largest absolute Gasteiger partial charge is 0.472 e. The molecule has 1 aliphatic rings. The SMILES string of the molecule is CCC1NC(=O)CC1c1ccoc1. The molecular weight excluding hydrogens is 166 g/mol. The van der Waals surface area contributed by atoms with Crippen LogP contribution in [0.1, 0.15) is 31.2 Å². The predicted octanol–water partition coefficient (Wildman–Crippen LogP) is 1.66. The van der Waals surface area contributed by atoms with Gasteiger partial charge in [0, 0.05) is 18.4 Å². The van der Waals surface area contributed by atoms with Crippen molar-refractivity contribution in [3.05, 3.63) is 24.2 Å². The fourth-order valence-corrected chi connectivity index (χ4v) is 1.93. The topological polar surface area (TPSA) is 42.2 Å². The Kier molecular flexibility index (Phi) is 2.08. The van der Waals surface area contributed by atoms with Crippen molar-refractivity contribution in [3.8, 4) is 0 Å². The van der Waals surface area contributed by atoms with Crippen molar-refractivity contribution in [3.63, 3.8) is 0 Å². The van der Waals surface area contributed by atoms with E-state index in [0.29, 0.717) is 12.3 Å². The summed E-state index contributed by atoms with van der Waals surface area (Å²) in [6.07, 6.45) is 4.96. The molecule has 2 rings (SSSR count). The van der Waals surface area contributed by atoms with Crippen molar-refractivity contribution in [2.45, 2.75) is 31.7 Å². The fourth-order valence-electron chi connectivity index (χ4n) is 1.93. The zero-order chi connectivity index (χ0) is 9.26. The summed E-state index contributed by atoms with van der Waals surface area (Å²) in [6, 6.07) is 2.22. The Morgan fingerprint density at radius 1 is 1.69 bits per heavy atom. The first-order valence-electron chi connectivity index (χ1n) is 4.62. The van der Waals surface area contributed by atoms with E-state index < -0.39 is 0 Å². The molecule has 13 heavy (non-hydrogen) atoms. The normalized spacial score (nSPS) is 27.6. The third-order valence-corrected chi connectivity index (χ3v) is 2.65. The second kappa shape index (κ2) is 3.24. The summed E-state index contributed by atoms with van der Waals surface area (Å²) in [6.45, 7) is 2.09. The Morgan fingerprint density at radius 2 is 2.54 bits per heavy atom. The van der Waals surface area contributed by atoms with Gasteiger partial charge in [0.1, 0.15) is 0 Å². The first-order valence-corrected chi connectivity index (χ1v) is 4.62. The molecule has 0 aromatic carbocycles. The Morgan fingerprint density at radius 3 is 3.15 bits per heavy atom. The highest BCUT2D eigenvalue weighted by Crippen LogP contribution is 2.29. The van der Waals surface area contributed by atoms with Crippen LogP contribution < -0.4 is 5.32 Å². The lowest BCUT2D eigenvalue weighted by atomic mass is 9.93. The summed E-state index contributed by atoms with van der Waals surface area (Å²) in [5.41, 5.74) is 1.13. The standard InChI is InChI=1S/C10H13NO2/c1-2-9-8(5-10(12)11-9)7-3-4-13-6-7/h3-4,6,8-9H,2,5H2,1H3,(H,11,12). The van der Waals surface area contributed by atoms with Crippen LogP contribution in [-0.2, 0) is 4.79 Å². The van der Waals surface area contributed by atoms with Crippen molar-refractivity contribution in [2.24, 2.45) is 0 Å². The van der Waals surface area contributed by atoms with Crippen molar-refractivity contribution in [1.29, 1.82) is 0 Å². The molecule has 0 spiro atoms. The molecule has 0 bridgehead atoms. The highest BCUT2D eigenvalue weighted by Gasteiger charge is 2.32. The lowest BCUT2D eigenvalue weighted by molar-refractivity contribution is -0.119. The summed E-state index contributed by atoms with van der Waals surface area (Å²) in [4.78, 5) is 11.2. The van der Waals surface area contributed by atoms with E-state index in [1.807, 2.05) is 6.07 Å². The quantitative estimate of drug-likeness (QED) is 0.750.